The maximum absolute atomic E-state index is 13.9. The number of benzene rings is 2. The maximum Gasteiger partial charge on any atom is 0.234 e. The van der Waals surface area contributed by atoms with Crippen LogP contribution in [0.3, 0.4) is 0 Å². The number of nitrogens with one attached hydrogen (secondary N) is 1. The molecule has 0 fully saturated rings. The fourth-order valence-electron chi connectivity index (χ4n) is 2.72. The van der Waals surface area contributed by atoms with Gasteiger partial charge in [0, 0.05) is 18.3 Å². The number of hydrogen-bond acceptors (Lipinski definition) is 5. The van der Waals surface area contributed by atoms with Crippen molar-refractivity contribution in [3.8, 4) is 5.75 Å². The predicted octanol–water partition coefficient (Wildman–Crippen LogP) is 5.41. The Labute approximate surface area is 191 Å². The Balaban J connectivity index is 1.68. The number of halogens is 4. The lowest BCUT2D eigenvalue weighted by atomic mass is 10.3. The normalized spacial score (nSPS) is 11.8. The van der Waals surface area contributed by atoms with Gasteiger partial charge in [-0.15, -0.1) is 16.8 Å². The number of nitrogens with zero attached hydrogens (tertiary/aromatic N) is 3. The minimum absolute atomic E-state index is 0.00784. The molecule has 0 aliphatic rings. The lowest BCUT2D eigenvalue weighted by Crippen LogP contribution is -2.15. The summed E-state index contributed by atoms with van der Waals surface area (Å²) in [6, 6.07) is 6.88. The molecule has 1 aromatic heterocycles. The number of rotatable bonds is 9. The molecule has 2 aromatic carbocycles. The first-order valence-electron chi connectivity index (χ1n) is 9.32. The average Bonchev–Trinajstić information content (AvgIpc) is 3.14. The molecule has 1 heterocycles. The van der Waals surface area contributed by atoms with Crippen LogP contribution in [0.5, 0.6) is 5.75 Å². The number of aromatic nitrogens is 3. The summed E-state index contributed by atoms with van der Waals surface area (Å²) in [5.74, 6) is -2.24. The highest BCUT2D eigenvalue weighted by atomic mass is 35.5. The van der Waals surface area contributed by atoms with Gasteiger partial charge in [-0.25, -0.2) is 13.2 Å². The van der Waals surface area contributed by atoms with Gasteiger partial charge in [0.15, 0.2) is 28.7 Å². The Kier molecular flexibility index (Phi) is 7.81. The average molecular weight is 483 g/mol. The molecule has 1 amide bonds. The number of allylic oxidation sites excluding steroid dienone is 1. The van der Waals surface area contributed by atoms with Crippen LogP contribution in [0.4, 0.5) is 18.9 Å². The molecule has 1 atom stereocenters. The van der Waals surface area contributed by atoms with E-state index in [4.69, 9.17) is 16.3 Å². The number of carbonyl (C=O) groups excluding carboxylic acids is 1. The smallest absolute Gasteiger partial charge is 0.234 e. The molecule has 6 nitrogen and oxygen atoms in total. The third kappa shape index (κ3) is 5.83. The second-order valence-electron chi connectivity index (χ2n) is 6.54. The van der Waals surface area contributed by atoms with Crippen molar-refractivity contribution in [2.45, 2.75) is 24.7 Å². The van der Waals surface area contributed by atoms with E-state index in [0.717, 1.165) is 30.0 Å². The Morgan fingerprint density at radius 3 is 2.72 bits per heavy atom. The van der Waals surface area contributed by atoms with E-state index in [9.17, 15) is 18.0 Å². The molecule has 168 valence electrons. The molecule has 1 N–H and O–H groups in total. The number of ether oxygens (including phenoxy) is 1. The monoisotopic (exact) mass is 482 g/mol. The third-order valence-corrected chi connectivity index (χ3v) is 5.41. The molecule has 3 rings (SSSR count). The molecule has 0 bridgehead atoms. The van der Waals surface area contributed by atoms with Crippen LogP contribution < -0.4 is 10.1 Å². The summed E-state index contributed by atoms with van der Waals surface area (Å²) in [7, 11) is 0. The second kappa shape index (κ2) is 10.6. The summed E-state index contributed by atoms with van der Waals surface area (Å²) in [6.45, 7) is 5.66. The van der Waals surface area contributed by atoms with Crippen molar-refractivity contribution >= 4 is 35.0 Å². The second-order valence-corrected chi connectivity index (χ2v) is 7.89. The van der Waals surface area contributed by atoms with Crippen LogP contribution in [0.25, 0.3) is 0 Å². The van der Waals surface area contributed by atoms with Crippen LogP contribution in [0, 0.1) is 17.5 Å². The van der Waals surface area contributed by atoms with Gasteiger partial charge in [0.25, 0.3) is 0 Å². The van der Waals surface area contributed by atoms with Crippen molar-refractivity contribution in [3.05, 3.63) is 77.4 Å². The van der Waals surface area contributed by atoms with Crippen LogP contribution in [0.1, 0.15) is 18.9 Å². The summed E-state index contributed by atoms with van der Waals surface area (Å²) in [5.41, 5.74) is 0.360. The summed E-state index contributed by atoms with van der Waals surface area (Å²) >= 11 is 6.83. The fraction of sp³-hybridized carbons (Fsp3) is 0.190. The first-order chi connectivity index (χ1) is 15.3. The topological polar surface area (TPSA) is 69.0 Å². The standard InChI is InChI=1S/C21H18ClF3N4O2S/c1-3-8-29-20(12(2)31-18-7-4-13(23)9-17(18)25)27-28-21(29)32-11-19(30)26-14-5-6-16(24)15(22)10-14/h3-7,9-10,12H,1,8,11H2,2H3,(H,26,30). The molecule has 0 saturated heterocycles. The van der Waals surface area contributed by atoms with E-state index in [1.165, 1.54) is 18.2 Å². The molecule has 32 heavy (non-hydrogen) atoms. The van der Waals surface area contributed by atoms with Crippen molar-refractivity contribution in [3.63, 3.8) is 0 Å². The Morgan fingerprint density at radius 1 is 1.25 bits per heavy atom. The number of thioether (sulfide) groups is 1. The van der Waals surface area contributed by atoms with Crippen LogP contribution >= 0.6 is 23.4 Å². The van der Waals surface area contributed by atoms with E-state index < -0.39 is 23.6 Å². The molecule has 0 spiro atoms. The first-order valence-corrected chi connectivity index (χ1v) is 10.7. The molecule has 0 aliphatic heterocycles. The molecule has 0 aliphatic carbocycles. The highest BCUT2D eigenvalue weighted by Crippen LogP contribution is 2.27. The largest absolute Gasteiger partial charge is 0.480 e. The lowest BCUT2D eigenvalue weighted by molar-refractivity contribution is -0.113. The van der Waals surface area contributed by atoms with Gasteiger partial charge in [-0.05, 0) is 37.3 Å². The van der Waals surface area contributed by atoms with E-state index in [1.54, 1.807) is 17.6 Å². The summed E-state index contributed by atoms with van der Waals surface area (Å²) in [6.07, 6.45) is 0.898. The number of carbonyl (C=O) groups is 1. The van der Waals surface area contributed by atoms with E-state index in [0.29, 0.717) is 23.2 Å². The van der Waals surface area contributed by atoms with E-state index >= 15 is 0 Å². The SMILES string of the molecule is C=CCn1c(SCC(=O)Nc2ccc(F)c(Cl)c2)nnc1C(C)Oc1ccc(F)cc1F. The molecule has 11 heteroatoms. The molecule has 0 radical (unpaired) electrons. The summed E-state index contributed by atoms with van der Waals surface area (Å²) < 4.78 is 47.5. The van der Waals surface area contributed by atoms with Gasteiger partial charge in [-0.3, -0.25) is 9.36 Å². The number of anilines is 1. The zero-order chi connectivity index (χ0) is 23.3. The van der Waals surface area contributed by atoms with Gasteiger partial charge in [-0.2, -0.15) is 0 Å². The van der Waals surface area contributed by atoms with Crippen LogP contribution in [-0.2, 0) is 11.3 Å². The molecule has 3 aromatic rings. The Hall–Kier alpha value is -2.98. The maximum atomic E-state index is 13.9. The van der Waals surface area contributed by atoms with Gasteiger partial charge in [-0.1, -0.05) is 29.4 Å². The Morgan fingerprint density at radius 2 is 2.03 bits per heavy atom. The molecular weight excluding hydrogens is 465 g/mol. The molecule has 1 unspecified atom stereocenters. The van der Waals surface area contributed by atoms with Crippen molar-refractivity contribution in [2.24, 2.45) is 0 Å². The number of amides is 1. The third-order valence-electron chi connectivity index (χ3n) is 4.15. The zero-order valence-corrected chi connectivity index (χ0v) is 18.4. The molecular formula is C21H18ClF3N4O2S. The van der Waals surface area contributed by atoms with Gasteiger partial charge in [0.2, 0.25) is 5.91 Å². The van der Waals surface area contributed by atoms with E-state index in [1.807, 2.05) is 0 Å². The van der Waals surface area contributed by atoms with E-state index in [-0.39, 0.29) is 22.4 Å². The van der Waals surface area contributed by atoms with Crippen LogP contribution in [0.15, 0.2) is 54.2 Å². The first kappa shape index (κ1) is 23.7. The summed E-state index contributed by atoms with van der Waals surface area (Å²) in [4.78, 5) is 12.3. The highest BCUT2D eigenvalue weighted by Gasteiger charge is 2.21. The highest BCUT2D eigenvalue weighted by molar-refractivity contribution is 7.99. The van der Waals surface area contributed by atoms with Crippen molar-refractivity contribution < 1.29 is 22.7 Å². The van der Waals surface area contributed by atoms with Crippen LogP contribution in [0.2, 0.25) is 5.02 Å². The number of hydrogen-bond donors (Lipinski definition) is 1. The van der Waals surface area contributed by atoms with Crippen LogP contribution in [-0.4, -0.2) is 26.4 Å². The quantitative estimate of drug-likeness (QED) is 0.326. The van der Waals surface area contributed by atoms with Gasteiger partial charge >= 0.3 is 0 Å². The fourth-order valence-corrected chi connectivity index (χ4v) is 3.66. The minimum atomic E-state index is -0.834. The Bertz CT molecular complexity index is 1140. The van der Waals surface area contributed by atoms with E-state index in [2.05, 4.69) is 22.1 Å². The lowest BCUT2D eigenvalue weighted by Gasteiger charge is -2.16. The van der Waals surface area contributed by atoms with Gasteiger partial charge in [0.05, 0.1) is 10.8 Å². The van der Waals surface area contributed by atoms with Crippen molar-refractivity contribution in [2.75, 3.05) is 11.1 Å². The zero-order valence-electron chi connectivity index (χ0n) is 16.8. The minimum Gasteiger partial charge on any atom is -0.480 e. The van der Waals surface area contributed by atoms with Gasteiger partial charge < -0.3 is 10.1 Å². The van der Waals surface area contributed by atoms with Crippen molar-refractivity contribution in [1.29, 1.82) is 0 Å². The predicted molar refractivity (Wildman–Crippen MR) is 116 cm³/mol. The van der Waals surface area contributed by atoms with Gasteiger partial charge in [0.1, 0.15) is 11.6 Å². The van der Waals surface area contributed by atoms with Crippen molar-refractivity contribution in [1.82, 2.24) is 14.8 Å². The molecule has 0 saturated carbocycles. The summed E-state index contributed by atoms with van der Waals surface area (Å²) in [5, 5.41) is 11.1.